The average Bonchev–Trinajstić information content (AvgIpc) is 2.42. The maximum atomic E-state index is 12.4. The van der Waals surface area contributed by atoms with Crippen LogP contribution in [0.4, 0.5) is 5.69 Å². The Hall–Kier alpha value is -2.10. The SMILES string of the molecule is Cc1cnc(Cl)c(NS(=O)(=O)c2ccc(C#N)cc2C)c1. The van der Waals surface area contributed by atoms with Crippen molar-refractivity contribution in [3.05, 3.63) is 52.3 Å². The molecule has 0 atom stereocenters. The van der Waals surface area contributed by atoms with Gasteiger partial charge in [0.1, 0.15) is 0 Å². The summed E-state index contributed by atoms with van der Waals surface area (Å²) in [4.78, 5) is 4.00. The van der Waals surface area contributed by atoms with Gasteiger partial charge in [0.15, 0.2) is 5.15 Å². The Morgan fingerprint density at radius 1 is 1.29 bits per heavy atom. The molecule has 0 fully saturated rings. The van der Waals surface area contributed by atoms with E-state index in [2.05, 4.69) is 9.71 Å². The third kappa shape index (κ3) is 3.32. The van der Waals surface area contributed by atoms with Crippen molar-refractivity contribution in [3.63, 3.8) is 0 Å². The van der Waals surface area contributed by atoms with Crippen LogP contribution in [-0.2, 0) is 10.0 Å². The summed E-state index contributed by atoms with van der Waals surface area (Å²) in [6.45, 7) is 3.42. The lowest BCUT2D eigenvalue weighted by atomic mass is 10.2. The smallest absolute Gasteiger partial charge is 0.262 e. The molecule has 1 aromatic carbocycles. The topological polar surface area (TPSA) is 82.8 Å². The van der Waals surface area contributed by atoms with Crippen molar-refractivity contribution in [1.82, 2.24) is 4.98 Å². The minimum Gasteiger partial charge on any atom is -0.276 e. The highest BCUT2D eigenvalue weighted by atomic mass is 35.5. The zero-order chi connectivity index (χ0) is 15.6. The molecular weight excluding hydrogens is 310 g/mol. The Balaban J connectivity index is 2.44. The Bertz CT molecular complexity index is 842. The van der Waals surface area contributed by atoms with Gasteiger partial charge in [-0.2, -0.15) is 5.26 Å². The third-order valence-corrected chi connectivity index (χ3v) is 4.64. The summed E-state index contributed by atoms with van der Waals surface area (Å²) in [5, 5.41) is 8.90. The van der Waals surface area contributed by atoms with Crippen molar-refractivity contribution in [2.75, 3.05) is 4.72 Å². The second kappa shape index (κ2) is 5.72. The van der Waals surface area contributed by atoms with E-state index in [1.54, 1.807) is 26.1 Å². The van der Waals surface area contributed by atoms with E-state index < -0.39 is 10.0 Å². The number of sulfonamides is 1. The molecule has 108 valence electrons. The van der Waals surface area contributed by atoms with E-state index in [1.165, 1.54) is 18.2 Å². The van der Waals surface area contributed by atoms with E-state index in [1.807, 2.05) is 6.07 Å². The fourth-order valence-corrected chi connectivity index (χ4v) is 3.34. The molecule has 1 N–H and O–H groups in total. The Morgan fingerprint density at radius 3 is 2.62 bits per heavy atom. The van der Waals surface area contributed by atoms with E-state index in [0.717, 1.165) is 5.56 Å². The number of nitrogens with zero attached hydrogens (tertiary/aromatic N) is 2. The zero-order valence-electron chi connectivity index (χ0n) is 11.4. The quantitative estimate of drug-likeness (QED) is 0.881. The van der Waals surface area contributed by atoms with Crippen molar-refractivity contribution < 1.29 is 8.42 Å². The third-order valence-electron chi connectivity index (χ3n) is 2.81. The number of pyridine rings is 1. The standard InChI is InChI=1S/C14H12ClN3O2S/c1-9-5-12(14(15)17-8-9)18-21(19,20)13-4-3-11(7-16)6-10(13)2/h3-6,8,18H,1-2H3. The van der Waals surface area contributed by atoms with Crippen molar-refractivity contribution in [2.45, 2.75) is 18.7 Å². The predicted molar refractivity (Wildman–Crippen MR) is 80.7 cm³/mol. The largest absolute Gasteiger partial charge is 0.276 e. The molecule has 1 heterocycles. The number of halogens is 1. The number of nitrogens with one attached hydrogen (secondary N) is 1. The number of benzene rings is 1. The molecule has 0 aliphatic carbocycles. The molecule has 5 nitrogen and oxygen atoms in total. The van der Waals surface area contributed by atoms with Crippen LogP contribution >= 0.6 is 11.6 Å². The van der Waals surface area contributed by atoms with Crippen LogP contribution in [-0.4, -0.2) is 13.4 Å². The fourth-order valence-electron chi connectivity index (χ4n) is 1.84. The molecule has 21 heavy (non-hydrogen) atoms. The number of nitriles is 1. The monoisotopic (exact) mass is 321 g/mol. The lowest BCUT2D eigenvalue weighted by Gasteiger charge is -2.11. The van der Waals surface area contributed by atoms with Gasteiger partial charge in [-0.3, -0.25) is 4.72 Å². The maximum absolute atomic E-state index is 12.4. The molecule has 0 aliphatic heterocycles. The first kappa shape index (κ1) is 15.3. The van der Waals surface area contributed by atoms with Crippen molar-refractivity contribution in [2.24, 2.45) is 0 Å². The van der Waals surface area contributed by atoms with Gasteiger partial charge in [-0.25, -0.2) is 13.4 Å². The maximum Gasteiger partial charge on any atom is 0.262 e. The van der Waals surface area contributed by atoms with Gasteiger partial charge in [-0.15, -0.1) is 0 Å². The first-order valence-corrected chi connectivity index (χ1v) is 7.85. The Morgan fingerprint density at radius 2 is 2.00 bits per heavy atom. The first-order valence-electron chi connectivity index (χ1n) is 5.99. The molecule has 2 rings (SSSR count). The summed E-state index contributed by atoms with van der Waals surface area (Å²) in [5.41, 5.74) is 1.90. The predicted octanol–water partition coefficient (Wildman–Crippen LogP) is 3.02. The molecule has 0 amide bonds. The minimum atomic E-state index is -3.79. The molecule has 0 saturated carbocycles. The summed E-state index contributed by atoms with van der Waals surface area (Å²) < 4.78 is 27.2. The number of aryl methyl sites for hydroxylation is 2. The first-order chi connectivity index (χ1) is 9.83. The summed E-state index contributed by atoms with van der Waals surface area (Å²) in [6.07, 6.45) is 1.55. The molecule has 0 spiro atoms. The van der Waals surface area contributed by atoms with Gasteiger partial charge in [0, 0.05) is 6.20 Å². The Kier molecular flexibility index (Phi) is 4.16. The number of aromatic nitrogens is 1. The molecule has 0 unspecified atom stereocenters. The van der Waals surface area contributed by atoms with Crippen LogP contribution in [0.2, 0.25) is 5.15 Å². The normalized spacial score (nSPS) is 11.0. The minimum absolute atomic E-state index is 0.0791. The van der Waals surface area contributed by atoms with Crippen LogP contribution in [0.25, 0.3) is 0 Å². The van der Waals surface area contributed by atoms with Gasteiger partial charge >= 0.3 is 0 Å². The van der Waals surface area contributed by atoms with Crippen LogP contribution in [0, 0.1) is 25.2 Å². The molecule has 0 radical (unpaired) electrons. The molecule has 1 aromatic heterocycles. The molecule has 7 heteroatoms. The number of hydrogen-bond acceptors (Lipinski definition) is 4. The van der Waals surface area contributed by atoms with Gasteiger partial charge < -0.3 is 0 Å². The van der Waals surface area contributed by atoms with Gasteiger partial charge in [0.05, 0.1) is 22.2 Å². The van der Waals surface area contributed by atoms with E-state index in [4.69, 9.17) is 16.9 Å². The highest BCUT2D eigenvalue weighted by molar-refractivity contribution is 7.92. The summed E-state index contributed by atoms with van der Waals surface area (Å²) in [6, 6.07) is 7.94. The Labute approximate surface area is 128 Å². The highest BCUT2D eigenvalue weighted by Crippen LogP contribution is 2.25. The van der Waals surface area contributed by atoms with E-state index >= 15 is 0 Å². The van der Waals surface area contributed by atoms with Gasteiger partial charge in [0.25, 0.3) is 10.0 Å². The van der Waals surface area contributed by atoms with Crippen LogP contribution < -0.4 is 4.72 Å². The van der Waals surface area contributed by atoms with Gasteiger partial charge in [-0.05, 0) is 49.2 Å². The number of hydrogen-bond donors (Lipinski definition) is 1. The van der Waals surface area contributed by atoms with Gasteiger partial charge in [-0.1, -0.05) is 11.6 Å². The molecule has 0 aliphatic rings. The number of anilines is 1. The van der Waals surface area contributed by atoms with Gasteiger partial charge in [0.2, 0.25) is 0 Å². The van der Waals surface area contributed by atoms with Crippen LogP contribution in [0.5, 0.6) is 0 Å². The van der Waals surface area contributed by atoms with E-state index in [9.17, 15) is 8.42 Å². The van der Waals surface area contributed by atoms with Crippen LogP contribution in [0.3, 0.4) is 0 Å². The zero-order valence-corrected chi connectivity index (χ0v) is 13.0. The second-order valence-electron chi connectivity index (χ2n) is 4.55. The average molecular weight is 322 g/mol. The molecule has 2 aromatic rings. The second-order valence-corrected chi connectivity index (χ2v) is 6.56. The lowest BCUT2D eigenvalue weighted by molar-refractivity contribution is 0.600. The van der Waals surface area contributed by atoms with Crippen molar-refractivity contribution >= 4 is 27.3 Å². The summed E-state index contributed by atoms with van der Waals surface area (Å²) >= 11 is 5.90. The molecular formula is C14H12ClN3O2S. The van der Waals surface area contributed by atoms with Crippen LogP contribution in [0.15, 0.2) is 35.4 Å². The van der Waals surface area contributed by atoms with Crippen LogP contribution in [0.1, 0.15) is 16.7 Å². The van der Waals surface area contributed by atoms with E-state index in [0.29, 0.717) is 11.1 Å². The summed E-state index contributed by atoms with van der Waals surface area (Å²) in [5.74, 6) is 0. The number of rotatable bonds is 3. The van der Waals surface area contributed by atoms with Crippen molar-refractivity contribution in [3.8, 4) is 6.07 Å². The van der Waals surface area contributed by atoms with Crippen molar-refractivity contribution in [1.29, 1.82) is 5.26 Å². The molecule has 0 saturated heterocycles. The highest BCUT2D eigenvalue weighted by Gasteiger charge is 2.19. The summed E-state index contributed by atoms with van der Waals surface area (Å²) in [7, 11) is -3.79. The molecule has 0 bridgehead atoms. The lowest BCUT2D eigenvalue weighted by Crippen LogP contribution is -2.15. The fraction of sp³-hybridized carbons (Fsp3) is 0.143. The van der Waals surface area contributed by atoms with E-state index in [-0.39, 0.29) is 15.7 Å².